The number of sulfone groups is 1. The van der Waals surface area contributed by atoms with Crippen LogP contribution in [-0.4, -0.2) is 57.7 Å². The first kappa shape index (κ1) is 23.2. The van der Waals surface area contributed by atoms with Crippen LogP contribution in [0.25, 0.3) is 0 Å². The summed E-state index contributed by atoms with van der Waals surface area (Å²) >= 11 is 0. The highest BCUT2D eigenvalue weighted by molar-refractivity contribution is 14.0. The fraction of sp³-hybridized carbons (Fsp3) is 0.947. The Bertz CT molecular complexity index is 593. The number of hydrogen-bond acceptors (Lipinski definition) is 4. The van der Waals surface area contributed by atoms with Crippen LogP contribution in [0.2, 0.25) is 0 Å². The number of nitrogens with zero attached hydrogens (tertiary/aromatic N) is 1. The first-order valence-electron chi connectivity index (χ1n) is 10.3. The molecule has 5 unspecified atom stereocenters. The highest BCUT2D eigenvalue weighted by Crippen LogP contribution is 2.29. The predicted octanol–water partition coefficient (Wildman–Crippen LogP) is 2.58. The van der Waals surface area contributed by atoms with Crippen molar-refractivity contribution >= 4 is 39.8 Å². The zero-order valence-electron chi connectivity index (χ0n) is 16.7. The van der Waals surface area contributed by atoms with Crippen LogP contribution < -0.4 is 10.6 Å². The molecule has 1 saturated carbocycles. The molecule has 0 bridgehead atoms. The minimum absolute atomic E-state index is 0. The van der Waals surface area contributed by atoms with Crippen molar-refractivity contribution in [3.63, 3.8) is 0 Å². The molecular weight excluding hydrogens is 477 g/mol. The molecule has 0 radical (unpaired) electrons. The quantitative estimate of drug-likeness (QED) is 0.336. The van der Waals surface area contributed by atoms with Crippen molar-refractivity contribution in [2.45, 2.75) is 64.5 Å². The summed E-state index contributed by atoms with van der Waals surface area (Å²) in [5, 5.41) is 7.05. The molecule has 0 spiro atoms. The topological polar surface area (TPSA) is 79.8 Å². The SMILES string of the molecule is CC1CCC(NC(=NCC2CCS(=O)(=O)C2)NCC2CCCO2)CC1C.I. The van der Waals surface area contributed by atoms with E-state index in [0.29, 0.717) is 18.3 Å². The van der Waals surface area contributed by atoms with Crippen LogP contribution >= 0.6 is 24.0 Å². The maximum Gasteiger partial charge on any atom is 0.191 e. The number of rotatable bonds is 5. The third-order valence-corrected chi connectivity index (χ3v) is 8.13. The maximum atomic E-state index is 11.7. The van der Waals surface area contributed by atoms with E-state index in [2.05, 4.69) is 24.5 Å². The van der Waals surface area contributed by atoms with Gasteiger partial charge in [0.25, 0.3) is 0 Å². The first-order chi connectivity index (χ1) is 12.4. The number of hydrogen-bond donors (Lipinski definition) is 2. The van der Waals surface area contributed by atoms with E-state index in [1.54, 1.807) is 0 Å². The lowest BCUT2D eigenvalue weighted by atomic mass is 9.79. The highest BCUT2D eigenvalue weighted by Gasteiger charge is 2.28. The van der Waals surface area contributed by atoms with Crippen LogP contribution in [0.3, 0.4) is 0 Å². The highest BCUT2D eigenvalue weighted by atomic mass is 127. The number of guanidine groups is 1. The summed E-state index contributed by atoms with van der Waals surface area (Å²) in [5.74, 6) is 3.10. The number of nitrogens with one attached hydrogen (secondary N) is 2. The fourth-order valence-corrected chi connectivity index (χ4v) is 6.13. The van der Waals surface area contributed by atoms with Gasteiger partial charge in [-0.15, -0.1) is 24.0 Å². The lowest BCUT2D eigenvalue weighted by molar-refractivity contribution is 0.113. The third kappa shape index (κ3) is 7.34. The fourth-order valence-electron chi connectivity index (χ4n) is 4.28. The van der Waals surface area contributed by atoms with Gasteiger partial charge >= 0.3 is 0 Å². The van der Waals surface area contributed by atoms with E-state index in [1.807, 2.05) is 0 Å². The minimum Gasteiger partial charge on any atom is -0.376 e. The Labute approximate surface area is 181 Å². The van der Waals surface area contributed by atoms with Gasteiger partial charge in [0, 0.05) is 25.7 Å². The molecule has 0 aromatic carbocycles. The van der Waals surface area contributed by atoms with Crippen molar-refractivity contribution in [1.82, 2.24) is 10.6 Å². The molecule has 2 heterocycles. The zero-order chi connectivity index (χ0) is 18.6. The summed E-state index contributed by atoms with van der Waals surface area (Å²) < 4.78 is 29.1. The maximum absolute atomic E-state index is 11.7. The predicted molar refractivity (Wildman–Crippen MR) is 121 cm³/mol. The van der Waals surface area contributed by atoms with Gasteiger partial charge in [0.2, 0.25) is 0 Å². The van der Waals surface area contributed by atoms with Crippen molar-refractivity contribution < 1.29 is 13.2 Å². The lowest BCUT2D eigenvalue weighted by Crippen LogP contribution is -2.48. The molecule has 2 saturated heterocycles. The Hall–Kier alpha value is -0.0900. The summed E-state index contributed by atoms with van der Waals surface area (Å²) in [4.78, 5) is 4.74. The van der Waals surface area contributed by atoms with Crippen LogP contribution in [-0.2, 0) is 14.6 Å². The van der Waals surface area contributed by atoms with Gasteiger partial charge in [-0.25, -0.2) is 8.42 Å². The van der Waals surface area contributed by atoms with Gasteiger partial charge in [-0.05, 0) is 56.3 Å². The minimum atomic E-state index is -2.84. The van der Waals surface area contributed by atoms with Gasteiger partial charge in [0.15, 0.2) is 15.8 Å². The Morgan fingerprint density at radius 2 is 1.96 bits per heavy atom. The Morgan fingerprint density at radius 1 is 1.15 bits per heavy atom. The first-order valence-corrected chi connectivity index (χ1v) is 12.1. The molecule has 3 rings (SSSR count). The van der Waals surface area contributed by atoms with Crippen LogP contribution in [0.5, 0.6) is 0 Å². The van der Waals surface area contributed by atoms with Crippen LogP contribution in [0.15, 0.2) is 4.99 Å². The van der Waals surface area contributed by atoms with Gasteiger partial charge in [0.1, 0.15) is 0 Å². The average Bonchev–Trinajstić information content (AvgIpc) is 3.22. The van der Waals surface area contributed by atoms with E-state index >= 15 is 0 Å². The molecular formula is C19H36IN3O3S. The van der Waals surface area contributed by atoms with E-state index < -0.39 is 9.84 Å². The molecule has 0 aromatic heterocycles. The van der Waals surface area contributed by atoms with E-state index in [9.17, 15) is 8.42 Å². The van der Waals surface area contributed by atoms with Crippen LogP contribution in [0.4, 0.5) is 0 Å². The van der Waals surface area contributed by atoms with Crippen molar-refractivity contribution in [3.8, 4) is 0 Å². The van der Waals surface area contributed by atoms with E-state index in [4.69, 9.17) is 9.73 Å². The number of halogens is 1. The summed E-state index contributed by atoms with van der Waals surface area (Å²) in [6, 6.07) is 0.448. The molecule has 0 amide bonds. The third-order valence-electron chi connectivity index (χ3n) is 6.29. The van der Waals surface area contributed by atoms with E-state index in [0.717, 1.165) is 50.2 Å². The van der Waals surface area contributed by atoms with Gasteiger partial charge in [-0.1, -0.05) is 13.8 Å². The second-order valence-electron chi connectivity index (χ2n) is 8.58. The molecule has 27 heavy (non-hydrogen) atoms. The van der Waals surface area contributed by atoms with Crippen molar-refractivity contribution in [1.29, 1.82) is 0 Å². The van der Waals surface area contributed by atoms with Gasteiger partial charge in [-0.3, -0.25) is 4.99 Å². The zero-order valence-corrected chi connectivity index (χ0v) is 19.8. The molecule has 0 aromatic rings. The monoisotopic (exact) mass is 513 g/mol. The number of ether oxygens (including phenoxy) is 1. The van der Waals surface area contributed by atoms with Crippen LogP contribution in [0, 0.1) is 17.8 Å². The summed E-state index contributed by atoms with van der Waals surface area (Å²) in [6.07, 6.45) is 6.81. The molecule has 158 valence electrons. The van der Waals surface area contributed by atoms with Crippen molar-refractivity contribution in [2.24, 2.45) is 22.7 Å². The van der Waals surface area contributed by atoms with Gasteiger partial charge < -0.3 is 15.4 Å². The second kappa shape index (κ2) is 10.6. The average molecular weight is 513 g/mol. The smallest absolute Gasteiger partial charge is 0.191 e. The molecule has 6 nitrogen and oxygen atoms in total. The molecule has 3 fully saturated rings. The Balaban J connectivity index is 0.00000261. The Kier molecular flexibility index (Phi) is 9.12. The summed E-state index contributed by atoms with van der Waals surface area (Å²) in [6.45, 7) is 6.88. The lowest BCUT2D eigenvalue weighted by Gasteiger charge is -2.33. The molecule has 1 aliphatic carbocycles. The largest absolute Gasteiger partial charge is 0.376 e. The number of aliphatic imine (C=N–C) groups is 1. The Morgan fingerprint density at radius 3 is 2.59 bits per heavy atom. The molecule has 2 aliphatic heterocycles. The standard InChI is InChI=1S/C19H35N3O3S.HI/c1-14-5-6-17(10-15(14)2)22-19(21-12-18-4-3-8-25-18)20-11-16-7-9-26(23,24)13-16;/h14-18H,3-13H2,1-2H3,(H2,20,21,22);1H. The summed E-state index contributed by atoms with van der Waals surface area (Å²) in [5.41, 5.74) is 0. The van der Waals surface area contributed by atoms with E-state index in [1.165, 1.54) is 19.3 Å². The van der Waals surface area contributed by atoms with Crippen LogP contribution in [0.1, 0.15) is 52.4 Å². The van der Waals surface area contributed by atoms with Crippen molar-refractivity contribution in [3.05, 3.63) is 0 Å². The molecule has 5 atom stereocenters. The normalized spacial score (nSPS) is 36.2. The molecule has 3 aliphatic rings. The molecule has 2 N–H and O–H groups in total. The van der Waals surface area contributed by atoms with Crippen molar-refractivity contribution in [2.75, 3.05) is 31.2 Å². The van der Waals surface area contributed by atoms with E-state index in [-0.39, 0.29) is 41.8 Å². The molecule has 8 heteroatoms. The van der Waals surface area contributed by atoms with Gasteiger partial charge in [-0.2, -0.15) is 0 Å². The summed E-state index contributed by atoms with van der Waals surface area (Å²) in [7, 11) is -2.84. The second-order valence-corrected chi connectivity index (χ2v) is 10.8. The van der Waals surface area contributed by atoms with Gasteiger partial charge in [0.05, 0.1) is 17.6 Å².